The Morgan fingerprint density at radius 1 is 0.578 bits per heavy atom. The molecule has 3 rings (SSSR count). The summed E-state index contributed by atoms with van der Waals surface area (Å²) in [6.07, 6.45) is 1.68. The van der Waals surface area contributed by atoms with Crippen molar-refractivity contribution in [2.45, 2.75) is 99.9 Å². The van der Waals surface area contributed by atoms with Gasteiger partial charge in [-0.3, -0.25) is 29.2 Å². The van der Waals surface area contributed by atoms with Gasteiger partial charge in [0.15, 0.2) is 11.9 Å². The third-order valence-electron chi connectivity index (χ3n) is 9.65. The molecule has 0 heterocycles. The first-order valence-electron chi connectivity index (χ1n) is 21.0. The Labute approximate surface area is 385 Å². The van der Waals surface area contributed by atoms with Crippen LogP contribution in [0.4, 0.5) is 22.7 Å². The molecule has 3 aromatic carbocycles. The molecule has 0 aliphatic rings. The quantitative estimate of drug-likeness (QED) is 0.0297. The van der Waals surface area contributed by atoms with Crippen LogP contribution in [0.15, 0.2) is 68.3 Å². The molecule has 20 N–H and O–H groups in total. The van der Waals surface area contributed by atoms with Crippen LogP contribution in [0, 0.1) is 0 Å². The number of aliphatic imine (C=N–C) groups is 2. The lowest BCUT2D eigenvalue weighted by Crippen LogP contribution is -2.36. The average Bonchev–Trinajstić information content (AvgIpc) is 3.22. The maximum atomic E-state index is 14.1. The predicted molar refractivity (Wildman–Crippen MR) is 265 cm³/mol. The minimum Gasteiger partial charge on any atom is -0.370 e. The van der Waals surface area contributed by atoms with Crippen LogP contribution < -0.4 is 67.1 Å². The second-order valence-electron chi connectivity index (χ2n) is 17.2. The number of hydrogen-bond donors (Lipinski definition) is 12. The van der Waals surface area contributed by atoms with E-state index >= 15 is 0 Å². The smallest absolute Gasteiger partial charge is 0.255 e. The molecule has 0 fully saturated rings. The molecule has 0 spiro atoms. The first-order chi connectivity index (χ1) is 30.0. The molecule has 350 valence electrons. The van der Waals surface area contributed by atoms with Gasteiger partial charge in [0.2, 0.25) is 11.8 Å². The summed E-state index contributed by atoms with van der Waals surface area (Å²) in [4.78, 5) is 64.1. The summed E-state index contributed by atoms with van der Waals surface area (Å²) in [5.74, 6) is -0.892. The summed E-state index contributed by atoms with van der Waals surface area (Å²) in [6.45, 7) is 13.5. The van der Waals surface area contributed by atoms with Crippen LogP contribution in [0.25, 0.3) is 0 Å². The maximum Gasteiger partial charge on any atom is 0.255 e. The van der Waals surface area contributed by atoms with Crippen LogP contribution >= 0.6 is 23.5 Å². The van der Waals surface area contributed by atoms with Crippen molar-refractivity contribution in [1.29, 1.82) is 0 Å². The van der Waals surface area contributed by atoms with Crippen LogP contribution in [-0.4, -0.2) is 85.3 Å². The van der Waals surface area contributed by atoms with Gasteiger partial charge in [0.05, 0.1) is 44.6 Å². The molecule has 0 saturated carbocycles. The van der Waals surface area contributed by atoms with Crippen molar-refractivity contribution in [3.05, 3.63) is 70.8 Å². The molecule has 0 radical (unpaired) electrons. The molecule has 64 heavy (non-hydrogen) atoms. The number of hydrogen-bond acceptors (Lipinski definition) is 12. The molecule has 3 aromatic rings. The standard InChI is InChI=1S/C44H68N14O4S2/c1-43(2,3)27-21-31(35(63-18-14-45)33(23-27)57-39(61)29(47)12-8-16-53-41(49)50)55-37(59)25-10-7-11-26(20-25)38(60)56-32-22-28(44(4,5)6)24-34(36(32)64-19-15-46)58-40(62)30(48)13-9-17-54-42(51)52/h7,10-11,20-24,29-30H,8-9,12-19,45-48H2,1-6H3,(H,55,59)(H,56,60)(H,57,61)(H,58,62)(H4,49,50,53)(H4,51,52,54)/t29-,30?/m1/s1. The van der Waals surface area contributed by atoms with Gasteiger partial charge in [-0.25, -0.2) is 0 Å². The van der Waals surface area contributed by atoms with E-state index in [0.29, 0.717) is 95.9 Å². The van der Waals surface area contributed by atoms with Gasteiger partial charge in [-0.1, -0.05) is 47.6 Å². The molecule has 1 unspecified atom stereocenters. The molecule has 0 aliphatic heterocycles. The third-order valence-corrected chi connectivity index (χ3v) is 12.0. The highest BCUT2D eigenvalue weighted by Gasteiger charge is 2.26. The highest BCUT2D eigenvalue weighted by Crippen LogP contribution is 2.41. The van der Waals surface area contributed by atoms with Crippen molar-refractivity contribution in [3.8, 4) is 0 Å². The van der Waals surface area contributed by atoms with Crippen molar-refractivity contribution in [1.82, 2.24) is 0 Å². The highest BCUT2D eigenvalue weighted by atomic mass is 32.2. The van der Waals surface area contributed by atoms with Gasteiger partial charge in [-0.2, -0.15) is 0 Å². The number of carbonyl (C=O) groups excluding carboxylic acids is 4. The van der Waals surface area contributed by atoms with Gasteiger partial charge in [0.25, 0.3) is 11.8 Å². The van der Waals surface area contributed by atoms with Crippen molar-refractivity contribution in [2.24, 2.45) is 55.9 Å². The van der Waals surface area contributed by atoms with Crippen molar-refractivity contribution < 1.29 is 19.2 Å². The van der Waals surface area contributed by atoms with E-state index in [0.717, 1.165) is 11.1 Å². The second-order valence-corrected chi connectivity index (χ2v) is 19.4. The van der Waals surface area contributed by atoms with Gasteiger partial charge in [-0.05, 0) is 90.1 Å². The second kappa shape index (κ2) is 24.6. The predicted octanol–water partition coefficient (Wildman–Crippen LogP) is 3.53. The van der Waals surface area contributed by atoms with Gasteiger partial charge in [0.1, 0.15) is 0 Å². The first-order valence-corrected chi connectivity index (χ1v) is 23.0. The molecule has 4 amide bonds. The fourth-order valence-corrected chi connectivity index (χ4v) is 7.78. The summed E-state index contributed by atoms with van der Waals surface area (Å²) in [6, 6.07) is 12.1. The Kier molecular flexibility index (Phi) is 20.4. The van der Waals surface area contributed by atoms with Gasteiger partial charge < -0.3 is 67.1 Å². The number of carbonyl (C=O) groups is 4. The van der Waals surface area contributed by atoms with E-state index in [1.165, 1.54) is 29.6 Å². The zero-order chi connectivity index (χ0) is 47.8. The minimum absolute atomic E-state index is 0.0363. The van der Waals surface area contributed by atoms with E-state index in [-0.39, 0.29) is 33.9 Å². The molecule has 0 bridgehead atoms. The van der Waals surface area contributed by atoms with E-state index in [9.17, 15) is 19.2 Å². The Bertz CT molecular complexity index is 2010. The normalized spacial score (nSPS) is 12.4. The average molecular weight is 921 g/mol. The number of rotatable bonds is 22. The van der Waals surface area contributed by atoms with Crippen LogP contribution in [0.3, 0.4) is 0 Å². The summed E-state index contributed by atoms with van der Waals surface area (Å²) in [5.41, 5.74) is 49.2. The molecular formula is C44H68N14O4S2. The summed E-state index contributed by atoms with van der Waals surface area (Å²) in [5, 5.41) is 12.0. The van der Waals surface area contributed by atoms with Crippen molar-refractivity contribution in [3.63, 3.8) is 0 Å². The van der Waals surface area contributed by atoms with Crippen molar-refractivity contribution in [2.75, 3.05) is 59.0 Å². The largest absolute Gasteiger partial charge is 0.370 e. The van der Waals surface area contributed by atoms with Gasteiger partial charge in [0, 0.05) is 48.8 Å². The molecular weight excluding hydrogens is 853 g/mol. The Balaban J connectivity index is 1.99. The lowest BCUT2D eigenvalue weighted by molar-refractivity contribution is -0.118. The molecule has 2 atom stereocenters. The number of benzene rings is 3. The summed E-state index contributed by atoms with van der Waals surface area (Å²) < 4.78 is 0. The van der Waals surface area contributed by atoms with Gasteiger partial charge >= 0.3 is 0 Å². The Morgan fingerprint density at radius 2 is 0.922 bits per heavy atom. The maximum absolute atomic E-state index is 14.1. The lowest BCUT2D eigenvalue weighted by Gasteiger charge is -2.25. The van der Waals surface area contributed by atoms with Gasteiger partial charge in [-0.15, -0.1) is 23.5 Å². The molecule has 0 aliphatic carbocycles. The first kappa shape index (κ1) is 53.0. The van der Waals surface area contributed by atoms with E-state index < -0.39 is 35.7 Å². The number of nitrogens with zero attached hydrogens (tertiary/aromatic N) is 2. The SMILES string of the molecule is CC(C)(C)c1cc(NC(=O)c2cccc(C(=O)Nc3cc(C(C)(C)C)cc(NC(=O)[C@H](N)CCCN=C(N)N)c3SCCN)c2)c(SCCN)c(NC(=O)C(N)CCCN=C(N)N)c1. The van der Waals surface area contributed by atoms with E-state index in [4.69, 9.17) is 45.9 Å². The molecule has 20 heteroatoms. The monoisotopic (exact) mass is 920 g/mol. The molecule has 0 saturated heterocycles. The van der Waals surface area contributed by atoms with Crippen LogP contribution in [0.2, 0.25) is 0 Å². The highest BCUT2D eigenvalue weighted by molar-refractivity contribution is 7.99. The number of thioether (sulfide) groups is 2. The fraction of sp³-hybridized carbons (Fsp3) is 0.455. The Hall–Kier alpha value is -5.38. The van der Waals surface area contributed by atoms with Crippen molar-refractivity contribution >= 4 is 81.8 Å². The van der Waals surface area contributed by atoms with Crippen LogP contribution in [-0.2, 0) is 20.4 Å². The fourth-order valence-electron chi connectivity index (χ4n) is 6.07. The van der Waals surface area contributed by atoms with E-state index in [2.05, 4.69) is 31.3 Å². The van der Waals surface area contributed by atoms with Crippen LogP contribution in [0.5, 0.6) is 0 Å². The molecule has 0 aromatic heterocycles. The zero-order valence-electron chi connectivity index (χ0n) is 37.8. The summed E-state index contributed by atoms with van der Waals surface area (Å²) in [7, 11) is 0. The third kappa shape index (κ3) is 16.6. The minimum atomic E-state index is -0.847. The topological polar surface area (TPSA) is 349 Å². The number of guanidine groups is 2. The van der Waals surface area contributed by atoms with E-state index in [1.54, 1.807) is 18.2 Å². The van der Waals surface area contributed by atoms with E-state index in [1.807, 2.05) is 65.8 Å². The number of nitrogens with two attached hydrogens (primary N) is 8. The molecule has 18 nitrogen and oxygen atoms in total. The number of anilines is 4. The number of amides is 4. The Morgan fingerprint density at radius 3 is 1.23 bits per heavy atom. The van der Waals surface area contributed by atoms with Crippen LogP contribution in [0.1, 0.15) is 99.1 Å². The zero-order valence-corrected chi connectivity index (χ0v) is 39.4. The lowest BCUT2D eigenvalue weighted by atomic mass is 9.86. The number of nitrogens with one attached hydrogen (secondary N) is 4. The summed E-state index contributed by atoms with van der Waals surface area (Å²) >= 11 is 2.76.